The number of ether oxygens (including phenoxy) is 1. The van der Waals surface area contributed by atoms with Crippen molar-refractivity contribution in [2.24, 2.45) is 11.3 Å². The molecule has 154 valence electrons. The number of rotatable bonds is 4. The predicted octanol–water partition coefficient (Wildman–Crippen LogP) is 2.46. The Hall–Kier alpha value is -1.79. The largest absolute Gasteiger partial charge is 0.492 e. The fourth-order valence-corrected chi connectivity index (χ4v) is 4.75. The van der Waals surface area contributed by atoms with Crippen LogP contribution >= 0.6 is 12.4 Å². The van der Waals surface area contributed by atoms with Gasteiger partial charge in [0, 0.05) is 32.6 Å². The number of piperidine rings is 1. The topological polar surface area (TPSA) is 61.9 Å². The maximum absolute atomic E-state index is 13.0. The van der Waals surface area contributed by atoms with Crippen molar-refractivity contribution in [3.63, 3.8) is 0 Å². The van der Waals surface area contributed by atoms with Gasteiger partial charge in [0.1, 0.15) is 5.75 Å². The Kier molecular flexibility index (Phi) is 6.50. The molecule has 6 nitrogen and oxygen atoms in total. The number of nitrogens with zero attached hydrogens (tertiary/aromatic N) is 2. The van der Waals surface area contributed by atoms with Gasteiger partial charge in [-0.15, -0.1) is 12.4 Å². The second-order valence-corrected chi connectivity index (χ2v) is 8.06. The zero-order chi connectivity index (χ0) is 18.9. The van der Waals surface area contributed by atoms with Crippen molar-refractivity contribution in [3.8, 4) is 5.75 Å². The zero-order valence-corrected chi connectivity index (χ0v) is 17.3. The highest BCUT2D eigenvalue weighted by molar-refractivity contribution is 6.01. The number of amides is 2. The summed E-state index contributed by atoms with van der Waals surface area (Å²) in [6.07, 6.45) is 3.66. The van der Waals surface area contributed by atoms with E-state index in [1.165, 1.54) is 6.42 Å². The number of anilines is 1. The Labute approximate surface area is 173 Å². The van der Waals surface area contributed by atoms with Crippen LogP contribution in [0, 0.1) is 11.3 Å². The van der Waals surface area contributed by atoms with Crippen LogP contribution in [0.15, 0.2) is 24.3 Å². The molecule has 0 aromatic heterocycles. The second-order valence-electron chi connectivity index (χ2n) is 8.06. The molecule has 0 saturated carbocycles. The van der Waals surface area contributed by atoms with Gasteiger partial charge in [-0.2, -0.15) is 0 Å². The van der Waals surface area contributed by atoms with Gasteiger partial charge < -0.3 is 19.9 Å². The summed E-state index contributed by atoms with van der Waals surface area (Å²) in [6.45, 7) is 6.74. The number of likely N-dealkylation sites (tertiary alicyclic amines) is 1. The molecule has 3 aliphatic heterocycles. The number of halogens is 1. The molecule has 0 bridgehead atoms. The smallest absolute Gasteiger partial charge is 0.228 e. The van der Waals surface area contributed by atoms with Crippen LogP contribution in [0.4, 0.5) is 5.69 Å². The number of hydrogen-bond acceptors (Lipinski definition) is 4. The molecule has 1 spiro atoms. The Bertz CT molecular complexity index is 711. The summed E-state index contributed by atoms with van der Waals surface area (Å²) >= 11 is 0. The maximum Gasteiger partial charge on any atom is 0.228 e. The first-order chi connectivity index (χ1) is 13.1. The van der Waals surface area contributed by atoms with E-state index in [0.29, 0.717) is 30.7 Å². The molecule has 3 aliphatic rings. The normalized spacial score (nSPS) is 23.8. The third-order valence-electron chi connectivity index (χ3n) is 6.40. The molecule has 1 aromatic rings. The average molecular weight is 408 g/mol. The van der Waals surface area contributed by atoms with Crippen LogP contribution in [-0.4, -0.2) is 56.0 Å². The molecular weight excluding hydrogens is 378 g/mol. The first kappa shape index (κ1) is 20.9. The minimum absolute atomic E-state index is 0. The van der Waals surface area contributed by atoms with Crippen molar-refractivity contribution < 1.29 is 14.3 Å². The van der Waals surface area contributed by atoms with Gasteiger partial charge in [-0.3, -0.25) is 9.59 Å². The standard InChI is InChI=1S/C21H29N3O3.ClH/c1-2-27-18-6-4-3-5-17(18)24-14-16(13-19(24)25)20(26)23-11-8-21(9-12-23)7-10-22-15-21;/h3-6,16,22H,2,7-15H2,1H3;1H. The van der Waals surface area contributed by atoms with Crippen molar-refractivity contribution in [2.45, 2.75) is 32.6 Å². The van der Waals surface area contributed by atoms with Crippen LogP contribution in [0.5, 0.6) is 5.75 Å². The summed E-state index contributed by atoms with van der Waals surface area (Å²) in [5, 5.41) is 3.46. The van der Waals surface area contributed by atoms with E-state index in [1.807, 2.05) is 36.1 Å². The summed E-state index contributed by atoms with van der Waals surface area (Å²) < 4.78 is 5.67. The van der Waals surface area contributed by atoms with E-state index < -0.39 is 0 Å². The number of carbonyl (C=O) groups excluding carboxylic acids is 2. The third kappa shape index (κ3) is 3.98. The number of benzene rings is 1. The lowest BCUT2D eigenvalue weighted by molar-refractivity contribution is -0.137. The fourth-order valence-electron chi connectivity index (χ4n) is 4.75. The van der Waals surface area contributed by atoms with Gasteiger partial charge in [-0.1, -0.05) is 12.1 Å². The van der Waals surface area contributed by atoms with Crippen molar-refractivity contribution >= 4 is 29.9 Å². The minimum Gasteiger partial charge on any atom is -0.492 e. The fraction of sp³-hybridized carbons (Fsp3) is 0.619. The lowest BCUT2D eigenvalue weighted by Gasteiger charge is -2.39. The van der Waals surface area contributed by atoms with Crippen LogP contribution in [0.3, 0.4) is 0 Å². The van der Waals surface area contributed by atoms with E-state index >= 15 is 0 Å². The summed E-state index contributed by atoms with van der Waals surface area (Å²) in [5.74, 6) is 0.604. The van der Waals surface area contributed by atoms with Crippen LogP contribution in [-0.2, 0) is 9.59 Å². The van der Waals surface area contributed by atoms with E-state index in [-0.39, 0.29) is 30.1 Å². The second kappa shape index (κ2) is 8.70. The monoisotopic (exact) mass is 407 g/mol. The summed E-state index contributed by atoms with van der Waals surface area (Å²) in [4.78, 5) is 29.4. The molecule has 1 unspecified atom stereocenters. The molecular formula is C21H30ClN3O3. The Balaban J connectivity index is 0.00000225. The molecule has 1 atom stereocenters. The quantitative estimate of drug-likeness (QED) is 0.832. The van der Waals surface area contributed by atoms with Crippen LogP contribution in [0.2, 0.25) is 0 Å². The predicted molar refractivity (Wildman–Crippen MR) is 111 cm³/mol. The molecule has 7 heteroatoms. The van der Waals surface area contributed by atoms with Crippen molar-refractivity contribution in [3.05, 3.63) is 24.3 Å². The van der Waals surface area contributed by atoms with Gasteiger partial charge in [0.2, 0.25) is 11.8 Å². The Morgan fingerprint density at radius 1 is 1.25 bits per heavy atom. The minimum atomic E-state index is -0.247. The molecule has 3 fully saturated rings. The molecule has 3 heterocycles. The van der Waals surface area contributed by atoms with Crippen molar-refractivity contribution in [2.75, 3.05) is 44.2 Å². The molecule has 0 radical (unpaired) electrons. The lowest BCUT2D eigenvalue weighted by Crippen LogP contribution is -2.46. The van der Waals surface area contributed by atoms with Crippen LogP contribution in [0.1, 0.15) is 32.6 Å². The van der Waals surface area contributed by atoms with E-state index in [0.717, 1.165) is 44.7 Å². The SMILES string of the molecule is CCOc1ccccc1N1CC(C(=O)N2CCC3(CCNC3)CC2)CC1=O.Cl. The maximum atomic E-state index is 13.0. The number of hydrogen-bond donors (Lipinski definition) is 1. The van der Waals surface area contributed by atoms with Gasteiger partial charge in [-0.25, -0.2) is 0 Å². The Morgan fingerprint density at radius 3 is 2.68 bits per heavy atom. The molecule has 1 aromatic carbocycles. The molecule has 3 saturated heterocycles. The highest BCUT2D eigenvalue weighted by Gasteiger charge is 2.42. The number of nitrogens with one attached hydrogen (secondary N) is 1. The zero-order valence-electron chi connectivity index (χ0n) is 16.5. The van der Waals surface area contributed by atoms with Gasteiger partial charge >= 0.3 is 0 Å². The number of carbonyl (C=O) groups is 2. The molecule has 0 aliphatic carbocycles. The van der Waals surface area contributed by atoms with Crippen molar-refractivity contribution in [1.29, 1.82) is 0 Å². The highest BCUT2D eigenvalue weighted by atomic mass is 35.5. The van der Waals surface area contributed by atoms with Gasteiger partial charge in [0.05, 0.1) is 18.2 Å². The average Bonchev–Trinajstić information content (AvgIpc) is 3.30. The lowest BCUT2D eigenvalue weighted by atomic mass is 9.77. The molecule has 28 heavy (non-hydrogen) atoms. The first-order valence-electron chi connectivity index (χ1n) is 10.1. The summed E-state index contributed by atoms with van der Waals surface area (Å²) in [6, 6.07) is 7.58. The Morgan fingerprint density at radius 2 is 2.00 bits per heavy atom. The van der Waals surface area contributed by atoms with Gasteiger partial charge in [-0.05, 0) is 50.3 Å². The van der Waals surface area contributed by atoms with E-state index in [4.69, 9.17) is 4.74 Å². The number of para-hydroxylation sites is 2. The van der Waals surface area contributed by atoms with E-state index in [1.54, 1.807) is 4.90 Å². The van der Waals surface area contributed by atoms with Crippen LogP contribution < -0.4 is 15.0 Å². The molecule has 4 rings (SSSR count). The van der Waals surface area contributed by atoms with Crippen molar-refractivity contribution in [1.82, 2.24) is 10.2 Å². The highest BCUT2D eigenvalue weighted by Crippen LogP contribution is 2.38. The van der Waals surface area contributed by atoms with Gasteiger partial charge in [0.25, 0.3) is 0 Å². The first-order valence-corrected chi connectivity index (χ1v) is 10.1. The molecule has 2 amide bonds. The van der Waals surface area contributed by atoms with Gasteiger partial charge in [0.15, 0.2) is 0 Å². The van der Waals surface area contributed by atoms with E-state index in [9.17, 15) is 9.59 Å². The van der Waals surface area contributed by atoms with Crippen LogP contribution in [0.25, 0.3) is 0 Å². The summed E-state index contributed by atoms with van der Waals surface area (Å²) in [5.41, 5.74) is 1.17. The third-order valence-corrected chi connectivity index (χ3v) is 6.40. The van der Waals surface area contributed by atoms with E-state index in [2.05, 4.69) is 5.32 Å². The summed E-state index contributed by atoms with van der Waals surface area (Å²) in [7, 11) is 0. The molecule has 1 N–H and O–H groups in total.